The van der Waals surface area contributed by atoms with E-state index in [9.17, 15) is 4.39 Å². The van der Waals surface area contributed by atoms with Gasteiger partial charge in [0.05, 0.1) is 12.4 Å². The summed E-state index contributed by atoms with van der Waals surface area (Å²) in [6, 6.07) is 14.4. The van der Waals surface area contributed by atoms with Crippen molar-refractivity contribution < 1.29 is 9.13 Å². The Balaban J connectivity index is 2.34. The first-order valence-electron chi connectivity index (χ1n) is 6.96. The molecule has 0 radical (unpaired) electrons. The number of para-hydroxylation sites is 1. The molecule has 21 heavy (non-hydrogen) atoms. The Kier molecular flexibility index (Phi) is 5.65. The van der Waals surface area contributed by atoms with Gasteiger partial charge in [-0.15, -0.1) is 11.8 Å². The van der Waals surface area contributed by atoms with Gasteiger partial charge in [-0.05, 0) is 30.7 Å². The fourth-order valence-electron chi connectivity index (χ4n) is 2.18. The Morgan fingerprint density at radius 3 is 2.62 bits per heavy atom. The Labute approximate surface area is 129 Å². The first-order valence-corrected chi connectivity index (χ1v) is 7.84. The van der Waals surface area contributed by atoms with Gasteiger partial charge in [-0.1, -0.05) is 31.2 Å². The maximum atomic E-state index is 13.4. The van der Waals surface area contributed by atoms with Crippen LogP contribution in [0.2, 0.25) is 0 Å². The molecule has 2 N–H and O–H groups in total. The zero-order valence-corrected chi connectivity index (χ0v) is 13.1. The van der Waals surface area contributed by atoms with Crippen LogP contribution in [0.5, 0.6) is 5.75 Å². The lowest BCUT2D eigenvalue weighted by Gasteiger charge is -2.24. The van der Waals surface area contributed by atoms with Crippen molar-refractivity contribution in [3.05, 3.63) is 59.9 Å². The molecule has 2 rings (SSSR count). The number of benzene rings is 2. The summed E-state index contributed by atoms with van der Waals surface area (Å²) < 4.78 is 18.8. The van der Waals surface area contributed by atoms with E-state index in [0.29, 0.717) is 0 Å². The zero-order chi connectivity index (χ0) is 15.2. The van der Waals surface area contributed by atoms with E-state index in [4.69, 9.17) is 10.5 Å². The molecule has 2 aromatic rings. The number of thioether (sulfide) groups is 1. The smallest absolute Gasteiger partial charge is 0.124 e. The Morgan fingerprint density at radius 2 is 1.95 bits per heavy atom. The third-order valence-corrected chi connectivity index (χ3v) is 4.75. The lowest BCUT2D eigenvalue weighted by molar-refractivity contribution is 0.407. The van der Waals surface area contributed by atoms with Gasteiger partial charge in [-0.3, -0.25) is 0 Å². The monoisotopic (exact) mass is 305 g/mol. The molecule has 0 fully saturated rings. The number of nitrogens with two attached hydrogens (primary N) is 1. The van der Waals surface area contributed by atoms with Crippen LogP contribution in [0.3, 0.4) is 0 Å². The molecule has 0 saturated heterocycles. The summed E-state index contributed by atoms with van der Waals surface area (Å²) >= 11 is 1.57. The minimum absolute atomic E-state index is 0.0212. The van der Waals surface area contributed by atoms with Crippen LogP contribution in [0.25, 0.3) is 0 Å². The maximum absolute atomic E-state index is 13.4. The van der Waals surface area contributed by atoms with Crippen molar-refractivity contribution in [3.8, 4) is 5.75 Å². The third kappa shape index (κ3) is 3.99. The van der Waals surface area contributed by atoms with Gasteiger partial charge >= 0.3 is 0 Å². The standard InChI is InChI=1S/C17H20FNOS/c1-3-15(19)17(14-9-4-5-10-16(14)20-2)21-13-8-6-7-12(18)11-13/h4-11,15,17H,3,19H2,1-2H3. The average Bonchev–Trinajstić information content (AvgIpc) is 2.52. The molecule has 2 atom stereocenters. The SMILES string of the molecule is CCC(N)C(Sc1cccc(F)c1)c1ccccc1OC. The van der Waals surface area contributed by atoms with Crippen molar-refractivity contribution in [2.24, 2.45) is 5.73 Å². The second kappa shape index (κ2) is 7.48. The van der Waals surface area contributed by atoms with E-state index in [2.05, 4.69) is 6.92 Å². The summed E-state index contributed by atoms with van der Waals surface area (Å²) in [6.07, 6.45) is 0.838. The molecule has 0 aliphatic rings. The first-order chi connectivity index (χ1) is 10.2. The molecule has 4 heteroatoms. The highest BCUT2D eigenvalue weighted by atomic mass is 32.2. The number of halogens is 1. The van der Waals surface area contributed by atoms with Crippen LogP contribution >= 0.6 is 11.8 Å². The van der Waals surface area contributed by atoms with Gasteiger partial charge in [0.2, 0.25) is 0 Å². The van der Waals surface area contributed by atoms with Crippen LogP contribution < -0.4 is 10.5 Å². The number of methoxy groups -OCH3 is 1. The van der Waals surface area contributed by atoms with E-state index < -0.39 is 0 Å². The molecule has 112 valence electrons. The minimum Gasteiger partial charge on any atom is -0.496 e. The summed E-state index contributed by atoms with van der Waals surface area (Å²) in [7, 11) is 1.65. The van der Waals surface area contributed by atoms with Gasteiger partial charge in [0.25, 0.3) is 0 Å². The van der Waals surface area contributed by atoms with Crippen LogP contribution in [-0.2, 0) is 0 Å². The minimum atomic E-state index is -0.233. The van der Waals surface area contributed by atoms with E-state index in [1.807, 2.05) is 30.3 Å². The van der Waals surface area contributed by atoms with Gasteiger partial charge < -0.3 is 10.5 Å². The summed E-state index contributed by atoms with van der Waals surface area (Å²) in [5.74, 6) is 0.583. The van der Waals surface area contributed by atoms with Crippen LogP contribution in [0.1, 0.15) is 24.2 Å². The van der Waals surface area contributed by atoms with Crippen molar-refractivity contribution in [1.82, 2.24) is 0 Å². The van der Waals surface area contributed by atoms with E-state index in [0.717, 1.165) is 22.6 Å². The van der Waals surface area contributed by atoms with Gasteiger partial charge in [-0.2, -0.15) is 0 Å². The second-order valence-corrected chi connectivity index (χ2v) is 6.02. The Bertz CT molecular complexity index is 591. The van der Waals surface area contributed by atoms with Crippen molar-refractivity contribution >= 4 is 11.8 Å². The lowest BCUT2D eigenvalue weighted by atomic mass is 10.0. The molecule has 0 bridgehead atoms. The molecule has 0 heterocycles. The maximum Gasteiger partial charge on any atom is 0.124 e. The quantitative estimate of drug-likeness (QED) is 0.803. The summed E-state index contributed by atoms with van der Waals surface area (Å²) in [4.78, 5) is 0.870. The van der Waals surface area contributed by atoms with Crippen LogP contribution in [0.15, 0.2) is 53.4 Å². The van der Waals surface area contributed by atoms with Crippen molar-refractivity contribution in [3.63, 3.8) is 0 Å². The second-order valence-electron chi connectivity index (χ2n) is 4.81. The molecule has 2 unspecified atom stereocenters. The Morgan fingerprint density at radius 1 is 1.19 bits per heavy atom. The van der Waals surface area contributed by atoms with E-state index in [1.165, 1.54) is 12.1 Å². The first kappa shape index (κ1) is 15.9. The molecule has 0 spiro atoms. The van der Waals surface area contributed by atoms with Crippen LogP contribution in [0, 0.1) is 5.82 Å². The largest absolute Gasteiger partial charge is 0.496 e. The van der Waals surface area contributed by atoms with E-state index in [1.54, 1.807) is 24.9 Å². The summed E-state index contributed by atoms with van der Waals surface area (Å²) in [5, 5.41) is 0.0212. The molecule has 0 aromatic heterocycles. The van der Waals surface area contributed by atoms with Gasteiger partial charge in [0.15, 0.2) is 0 Å². The molecular weight excluding hydrogens is 285 g/mol. The highest BCUT2D eigenvalue weighted by Gasteiger charge is 2.23. The molecule has 0 aliphatic carbocycles. The summed E-state index contributed by atoms with van der Waals surface area (Å²) in [6.45, 7) is 2.05. The lowest BCUT2D eigenvalue weighted by Crippen LogP contribution is -2.26. The van der Waals surface area contributed by atoms with E-state index >= 15 is 0 Å². The van der Waals surface area contributed by atoms with Gasteiger partial charge in [-0.25, -0.2) is 4.39 Å². The normalized spacial score (nSPS) is 13.7. The topological polar surface area (TPSA) is 35.2 Å². The van der Waals surface area contributed by atoms with Gasteiger partial charge in [0.1, 0.15) is 11.6 Å². The molecule has 2 aromatic carbocycles. The highest BCUT2D eigenvalue weighted by Crippen LogP contribution is 2.41. The molecule has 0 amide bonds. The fraction of sp³-hybridized carbons (Fsp3) is 0.294. The average molecular weight is 305 g/mol. The number of hydrogen-bond donors (Lipinski definition) is 1. The van der Waals surface area contributed by atoms with Crippen LogP contribution in [-0.4, -0.2) is 13.2 Å². The Hall–Kier alpha value is -1.52. The molecule has 0 saturated carbocycles. The molecule has 0 aliphatic heterocycles. The van der Waals surface area contributed by atoms with Crippen molar-refractivity contribution in [2.45, 2.75) is 29.5 Å². The number of hydrogen-bond acceptors (Lipinski definition) is 3. The van der Waals surface area contributed by atoms with Gasteiger partial charge in [0, 0.05) is 16.5 Å². The molecular formula is C17H20FNOS. The number of rotatable bonds is 6. The predicted molar refractivity (Wildman–Crippen MR) is 86.3 cm³/mol. The van der Waals surface area contributed by atoms with Crippen molar-refractivity contribution in [1.29, 1.82) is 0 Å². The molecule has 2 nitrogen and oxygen atoms in total. The predicted octanol–water partition coefficient (Wildman–Crippen LogP) is 4.41. The van der Waals surface area contributed by atoms with Crippen molar-refractivity contribution in [2.75, 3.05) is 7.11 Å². The third-order valence-electron chi connectivity index (χ3n) is 3.36. The van der Waals surface area contributed by atoms with E-state index in [-0.39, 0.29) is 17.1 Å². The highest BCUT2D eigenvalue weighted by molar-refractivity contribution is 7.99. The van der Waals surface area contributed by atoms with Crippen LogP contribution in [0.4, 0.5) is 4.39 Å². The number of ether oxygens (including phenoxy) is 1. The zero-order valence-electron chi connectivity index (χ0n) is 12.3. The summed E-state index contributed by atoms with van der Waals surface area (Å²) in [5.41, 5.74) is 7.33. The fourth-order valence-corrected chi connectivity index (χ4v) is 3.50.